The van der Waals surface area contributed by atoms with E-state index in [9.17, 15) is 10.1 Å². The summed E-state index contributed by atoms with van der Waals surface area (Å²) in [6, 6.07) is 4.51. The topological polar surface area (TPSA) is 91.3 Å². The number of ether oxygens (including phenoxy) is 1. The normalized spacial score (nSPS) is 12.2. The lowest BCUT2D eigenvalue weighted by Crippen LogP contribution is -1.99. The fraction of sp³-hybridized carbons (Fsp3) is 0.333. The number of para-hydroxylation sites is 1. The Labute approximate surface area is 119 Å². The molecular formula is C12H12ClN3O4. The molecule has 0 radical (unpaired) electrons. The first-order chi connectivity index (χ1) is 9.54. The Morgan fingerprint density at radius 1 is 1.55 bits per heavy atom. The van der Waals surface area contributed by atoms with Crippen LogP contribution in [0.15, 0.2) is 22.7 Å². The molecule has 1 aromatic heterocycles. The molecule has 0 bridgehead atoms. The molecule has 0 aliphatic carbocycles. The van der Waals surface area contributed by atoms with E-state index >= 15 is 0 Å². The van der Waals surface area contributed by atoms with Crippen molar-refractivity contribution >= 4 is 17.3 Å². The van der Waals surface area contributed by atoms with Gasteiger partial charge in [0, 0.05) is 6.07 Å². The van der Waals surface area contributed by atoms with Gasteiger partial charge in [-0.05, 0) is 19.9 Å². The molecule has 0 fully saturated rings. The summed E-state index contributed by atoms with van der Waals surface area (Å²) in [5.41, 5.74) is 0.222. The zero-order valence-corrected chi connectivity index (χ0v) is 11.6. The largest absolute Gasteiger partial charge is 0.487 e. The van der Waals surface area contributed by atoms with E-state index in [1.807, 2.05) is 0 Å². The highest BCUT2D eigenvalue weighted by Crippen LogP contribution is 2.37. The van der Waals surface area contributed by atoms with Gasteiger partial charge in [-0.1, -0.05) is 11.2 Å². The number of halogens is 1. The van der Waals surface area contributed by atoms with Gasteiger partial charge < -0.3 is 9.26 Å². The van der Waals surface area contributed by atoms with Crippen molar-refractivity contribution in [3.05, 3.63) is 34.1 Å². The Kier molecular flexibility index (Phi) is 4.19. The van der Waals surface area contributed by atoms with Gasteiger partial charge in [0.05, 0.1) is 22.5 Å². The van der Waals surface area contributed by atoms with Crippen LogP contribution in [-0.2, 0) is 0 Å². The van der Waals surface area contributed by atoms with E-state index in [1.54, 1.807) is 19.9 Å². The average Bonchev–Trinajstić information content (AvgIpc) is 2.88. The third-order valence-electron chi connectivity index (χ3n) is 2.51. The molecule has 1 atom stereocenters. The van der Waals surface area contributed by atoms with Crippen molar-refractivity contribution in [2.24, 2.45) is 0 Å². The van der Waals surface area contributed by atoms with Gasteiger partial charge in [-0.3, -0.25) is 10.1 Å². The van der Waals surface area contributed by atoms with Gasteiger partial charge in [0.25, 0.3) is 5.89 Å². The maximum Gasteiger partial charge on any atom is 0.311 e. The molecule has 0 saturated carbocycles. The third kappa shape index (κ3) is 2.72. The van der Waals surface area contributed by atoms with Crippen molar-refractivity contribution in [1.82, 2.24) is 10.1 Å². The summed E-state index contributed by atoms with van der Waals surface area (Å²) in [5, 5.41) is 14.3. The van der Waals surface area contributed by atoms with Gasteiger partial charge in [0.15, 0.2) is 5.82 Å². The molecule has 0 saturated heterocycles. The number of nitro benzene ring substituents is 1. The summed E-state index contributed by atoms with van der Waals surface area (Å²) in [4.78, 5) is 14.6. The minimum atomic E-state index is -0.518. The van der Waals surface area contributed by atoms with E-state index in [0.717, 1.165) is 0 Å². The van der Waals surface area contributed by atoms with Crippen LogP contribution in [0.3, 0.4) is 0 Å². The molecule has 2 aromatic rings. The molecular weight excluding hydrogens is 286 g/mol. The van der Waals surface area contributed by atoms with Gasteiger partial charge in [-0.25, -0.2) is 0 Å². The van der Waals surface area contributed by atoms with Crippen molar-refractivity contribution in [3.8, 4) is 17.2 Å². The summed E-state index contributed by atoms with van der Waals surface area (Å²) in [6.45, 7) is 3.72. The predicted molar refractivity (Wildman–Crippen MR) is 71.8 cm³/mol. The Hall–Kier alpha value is -2.15. The SMILES string of the molecule is CCOc1c(-c2nc(C(C)Cl)no2)cccc1[N+](=O)[O-]. The lowest BCUT2D eigenvalue weighted by atomic mass is 10.1. The number of hydrogen-bond acceptors (Lipinski definition) is 6. The molecule has 20 heavy (non-hydrogen) atoms. The fourth-order valence-corrected chi connectivity index (χ4v) is 1.73. The minimum Gasteiger partial charge on any atom is -0.487 e. The van der Waals surface area contributed by atoms with Crippen molar-refractivity contribution < 1.29 is 14.2 Å². The molecule has 106 valence electrons. The van der Waals surface area contributed by atoms with Crippen LogP contribution in [0.2, 0.25) is 0 Å². The Morgan fingerprint density at radius 3 is 2.85 bits per heavy atom. The highest BCUT2D eigenvalue weighted by atomic mass is 35.5. The average molecular weight is 298 g/mol. The Bertz CT molecular complexity index is 627. The van der Waals surface area contributed by atoms with Crippen molar-refractivity contribution in [1.29, 1.82) is 0 Å². The highest BCUT2D eigenvalue weighted by molar-refractivity contribution is 6.20. The first-order valence-electron chi connectivity index (χ1n) is 5.92. The summed E-state index contributed by atoms with van der Waals surface area (Å²) in [7, 11) is 0. The third-order valence-corrected chi connectivity index (χ3v) is 2.70. The standard InChI is InChI=1S/C12H12ClN3O4/c1-3-19-10-8(5-4-6-9(10)16(17)18)12-14-11(7(2)13)15-20-12/h4-7H,3H2,1-2H3. The molecule has 1 unspecified atom stereocenters. The molecule has 7 nitrogen and oxygen atoms in total. The van der Waals surface area contributed by atoms with E-state index < -0.39 is 10.3 Å². The molecule has 8 heteroatoms. The monoisotopic (exact) mass is 297 g/mol. The summed E-state index contributed by atoms with van der Waals surface area (Å²) in [6.07, 6.45) is 0. The lowest BCUT2D eigenvalue weighted by Gasteiger charge is -2.07. The van der Waals surface area contributed by atoms with E-state index in [0.29, 0.717) is 11.4 Å². The minimum absolute atomic E-state index is 0.109. The van der Waals surface area contributed by atoms with E-state index in [2.05, 4.69) is 10.1 Å². The summed E-state index contributed by atoms with van der Waals surface area (Å²) >= 11 is 5.86. The second kappa shape index (κ2) is 5.87. The number of rotatable bonds is 5. The second-order valence-electron chi connectivity index (χ2n) is 3.92. The van der Waals surface area contributed by atoms with Crippen LogP contribution in [0.4, 0.5) is 5.69 Å². The molecule has 2 rings (SSSR count). The first-order valence-corrected chi connectivity index (χ1v) is 6.36. The Morgan fingerprint density at radius 2 is 2.30 bits per heavy atom. The van der Waals surface area contributed by atoms with Crippen molar-refractivity contribution in [2.75, 3.05) is 6.61 Å². The summed E-state index contributed by atoms with van der Waals surface area (Å²) < 4.78 is 10.4. The molecule has 0 aliphatic heterocycles. The van der Waals surface area contributed by atoms with Crippen LogP contribution in [-0.4, -0.2) is 21.7 Å². The Balaban J connectivity index is 2.54. The number of hydrogen-bond donors (Lipinski definition) is 0. The number of nitrogens with zero attached hydrogens (tertiary/aromatic N) is 3. The first kappa shape index (κ1) is 14.3. The number of nitro groups is 1. The maximum atomic E-state index is 11.0. The number of aromatic nitrogens is 2. The molecule has 0 aliphatic rings. The quantitative estimate of drug-likeness (QED) is 0.477. The van der Waals surface area contributed by atoms with E-state index in [4.69, 9.17) is 20.9 Å². The van der Waals surface area contributed by atoms with E-state index in [-0.39, 0.29) is 23.9 Å². The van der Waals surface area contributed by atoms with Gasteiger partial charge in [0.1, 0.15) is 0 Å². The molecule has 1 heterocycles. The number of alkyl halides is 1. The van der Waals surface area contributed by atoms with Crippen molar-refractivity contribution in [3.63, 3.8) is 0 Å². The van der Waals surface area contributed by atoms with Gasteiger partial charge in [-0.2, -0.15) is 4.98 Å². The lowest BCUT2D eigenvalue weighted by molar-refractivity contribution is -0.385. The van der Waals surface area contributed by atoms with Gasteiger partial charge >= 0.3 is 5.69 Å². The maximum absolute atomic E-state index is 11.0. The van der Waals surface area contributed by atoms with Gasteiger partial charge in [-0.15, -0.1) is 11.6 Å². The van der Waals surface area contributed by atoms with Crippen LogP contribution >= 0.6 is 11.6 Å². The highest BCUT2D eigenvalue weighted by Gasteiger charge is 2.23. The predicted octanol–water partition coefficient (Wildman–Crippen LogP) is 3.34. The fourth-order valence-electron chi connectivity index (χ4n) is 1.64. The molecule has 0 amide bonds. The van der Waals surface area contributed by atoms with Crippen LogP contribution in [0, 0.1) is 10.1 Å². The summed E-state index contributed by atoms with van der Waals surface area (Å²) in [5.74, 6) is 0.563. The molecule has 0 spiro atoms. The zero-order valence-electron chi connectivity index (χ0n) is 10.9. The van der Waals surface area contributed by atoms with Crippen LogP contribution in [0.25, 0.3) is 11.5 Å². The van der Waals surface area contributed by atoms with Crippen LogP contribution in [0.1, 0.15) is 25.0 Å². The van der Waals surface area contributed by atoms with Gasteiger partial charge in [0.2, 0.25) is 5.75 Å². The van der Waals surface area contributed by atoms with Crippen LogP contribution < -0.4 is 4.74 Å². The van der Waals surface area contributed by atoms with Crippen molar-refractivity contribution in [2.45, 2.75) is 19.2 Å². The molecule has 0 N–H and O–H groups in total. The smallest absolute Gasteiger partial charge is 0.311 e. The van der Waals surface area contributed by atoms with Crippen LogP contribution in [0.5, 0.6) is 5.75 Å². The second-order valence-corrected chi connectivity index (χ2v) is 4.57. The number of benzene rings is 1. The van der Waals surface area contributed by atoms with E-state index in [1.165, 1.54) is 12.1 Å². The zero-order chi connectivity index (χ0) is 14.7. The molecule has 1 aromatic carbocycles.